The lowest BCUT2D eigenvalue weighted by molar-refractivity contribution is -0.187. The Morgan fingerprint density at radius 2 is 2.04 bits per heavy atom. The summed E-state index contributed by atoms with van der Waals surface area (Å²) in [4.78, 5) is 28.4. The lowest BCUT2D eigenvalue weighted by atomic mass is 9.96. The quantitative estimate of drug-likeness (QED) is 0.847. The fraction of sp³-hybridized carbons (Fsp3) is 0.375. The number of urea groups is 1. The molecule has 3 rings (SSSR count). The van der Waals surface area contributed by atoms with Crippen molar-refractivity contribution < 1.29 is 27.9 Å². The third kappa shape index (κ3) is 4.01. The van der Waals surface area contributed by atoms with Gasteiger partial charge in [-0.1, -0.05) is 12.1 Å². The van der Waals surface area contributed by atoms with Gasteiger partial charge in [0, 0.05) is 31.4 Å². The highest BCUT2D eigenvalue weighted by Gasteiger charge is 2.53. The van der Waals surface area contributed by atoms with E-state index in [0.717, 1.165) is 4.90 Å². The molecule has 1 aromatic carbocycles. The van der Waals surface area contributed by atoms with Crippen LogP contribution in [0, 0.1) is 11.8 Å². The number of carbonyl (C=O) groups is 2. The number of carboxylic acids is 1. The summed E-state index contributed by atoms with van der Waals surface area (Å²) in [5.74, 6) is -4.92. The largest absolute Gasteiger partial charge is 0.481 e. The molecule has 0 unspecified atom stereocenters. The number of hydrogen-bond donors (Lipinski definition) is 2. The van der Waals surface area contributed by atoms with Crippen molar-refractivity contribution in [2.75, 3.05) is 18.4 Å². The molecule has 1 fully saturated rings. The summed E-state index contributed by atoms with van der Waals surface area (Å²) >= 11 is 0. The molecule has 8 nitrogen and oxygen atoms in total. The number of aromatic nitrogens is 3. The van der Waals surface area contributed by atoms with E-state index in [9.17, 15) is 22.8 Å². The Morgan fingerprint density at radius 1 is 1.30 bits per heavy atom. The van der Waals surface area contributed by atoms with Gasteiger partial charge in [0.05, 0.1) is 11.8 Å². The van der Waals surface area contributed by atoms with Crippen molar-refractivity contribution in [3.05, 3.63) is 30.6 Å². The van der Waals surface area contributed by atoms with E-state index in [2.05, 4.69) is 15.4 Å². The van der Waals surface area contributed by atoms with Gasteiger partial charge in [-0.2, -0.15) is 18.3 Å². The van der Waals surface area contributed by atoms with Gasteiger partial charge in [-0.25, -0.2) is 9.78 Å². The van der Waals surface area contributed by atoms with E-state index in [4.69, 9.17) is 5.11 Å². The molecule has 11 heteroatoms. The van der Waals surface area contributed by atoms with Crippen LogP contribution >= 0.6 is 0 Å². The molecule has 2 atom stereocenters. The Bertz CT molecular complexity index is 867. The van der Waals surface area contributed by atoms with Crippen molar-refractivity contribution in [3.63, 3.8) is 0 Å². The molecule has 2 aromatic rings. The van der Waals surface area contributed by atoms with E-state index in [1.54, 1.807) is 31.3 Å². The van der Waals surface area contributed by atoms with Gasteiger partial charge < -0.3 is 15.3 Å². The molecule has 0 bridgehead atoms. The minimum absolute atomic E-state index is 0.340. The van der Waals surface area contributed by atoms with Crippen molar-refractivity contribution >= 4 is 17.7 Å². The minimum atomic E-state index is -4.69. The van der Waals surface area contributed by atoms with Crippen molar-refractivity contribution in [1.82, 2.24) is 19.7 Å². The van der Waals surface area contributed by atoms with E-state index in [1.165, 1.54) is 11.0 Å². The number of aliphatic carboxylic acids is 1. The van der Waals surface area contributed by atoms with Crippen LogP contribution in [0.2, 0.25) is 0 Å². The predicted octanol–water partition coefficient (Wildman–Crippen LogP) is 2.21. The van der Waals surface area contributed by atoms with Crippen LogP contribution in [0.4, 0.5) is 23.7 Å². The SMILES string of the molecule is Cn1cnc(-c2cccc(NC(=O)N3C[C@@H](C(F)(F)F)[C@H](C(=O)O)C3)c2)n1. The number of nitrogens with one attached hydrogen (secondary N) is 1. The lowest BCUT2D eigenvalue weighted by Crippen LogP contribution is -2.35. The summed E-state index contributed by atoms with van der Waals surface area (Å²) in [5.41, 5.74) is 0.957. The van der Waals surface area contributed by atoms with Gasteiger partial charge >= 0.3 is 18.2 Å². The zero-order valence-electron chi connectivity index (χ0n) is 14.1. The zero-order valence-corrected chi connectivity index (χ0v) is 14.1. The maximum Gasteiger partial charge on any atom is 0.394 e. The van der Waals surface area contributed by atoms with Crippen LogP contribution in [0.25, 0.3) is 11.4 Å². The Balaban J connectivity index is 1.73. The van der Waals surface area contributed by atoms with E-state index < -0.39 is 43.1 Å². The summed E-state index contributed by atoms with van der Waals surface area (Å²) in [7, 11) is 1.70. The lowest BCUT2D eigenvalue weighted by Gasteiger charge is -2.18. The predicted molar refractivity (Wildman–Crippen MR) is 87.7 cm³/mol. The van der Waals surface area contributed by atoms with E-state index in [0.29, 0.717) is 17.1 Å². The average molecular weight is 383 g/mol. The van der Waals surface area contributed by atoms with Crippen LogP contribution in [0.3, 0.4) is 0 Å². The third-order valence-electron chi connectivity index (χ3n) is 4.32. The molecule has 0 spiro atoms. The number of benzene rings is 1. The zero-order chi connectivity index (χ0) is 19.8. The number of likely N-dealkylation sites (tertiary alicyclic amines) is 1. The number of nitrogens with zero attached hydrogens (tertiary/aromatic N) is 4. The first kappa shape index (κ1) is 18.7. The molecular weight excluding hydrogens is 367 g/mol. The normalized spacial score (nSPS) is 19.9. The number of hydrogen-bond acceptors (Lipinski definition) is 4. The van der Waals surface area contributed by atoms with E-state index >= 15 is 0 Å². The first-order valence-electron chi connectivity index (χ1n) is 7.96. The summed E-state index contributed by atoms with van der Waals surface area (Å²) in [6.45, 7) is -1.21. The summed E-state index contributed by atoms with van der Waals surface area (Å²) in [6, 6.07) is 5.72. The smallest absolute Gasteiger partial charge is 0.394 e. The van der Waals surface area contributed by atoms with Crippen molar-refractivity contribution in [2.24, 2.45) is 18.9 Å². The molecule has 27 heavy (non-hydrogen) atoms. The molecule has 1 aliphatic heterocycles. The van der Waals surface area contributed by atoms with Gasteiger partial charge in [-0.15, -0.1) is 0 Å². The van der Waals surface area contributed by atoms with Crippen molar-refractivity contribution in [3.8, 4) is 11.4 Å². The Kier molecular flexibility index (Phi) is 4.77. The molecule has 0 aliphatic carbocycles. The molecule has 0 radical (unpaired) electrons. The van der Waals surface area contributed by atoms with Gasteiger partial charge in [-0.05, 0) is 12.1 Å². The Morgan fingerprint density at radius 3 is 2.59 bits per heavy atom. The number of halogens is 3. The number of anilines is 1. The summed E-state index contributed by atoms with van der Waals surface area (Å²) in [5, 5.41) is 15.7. The van der Waals surface area contributed by atoms with Crippen LogP contribution in [0.5, 0.6) is 0 Å². The van der Waals surface area contributed by atoms with Gasteiger partial charge in [0.2, 0.25) is 0 Å². The van der Waals surface area contributed by atoms with Gasteiger partial charge in [0.25, 0.3) is 0 Å². The standard InChI is InChI=1S/C16H16F3N5O3/c1-23-8-20-13(22-23)9-3-2-4-10(5-9)21-15(27)24-6-11(14(25)26)12(7-24)16(17,18)19/h2-5,8,11-12H,6-7H2,1H3,(H,21,27)(H,25,26)/t11-,12-/m1/s1. The van der Waals surface area contributed by atoms with Gasteiger partial charge in [0.1, 0.15) is 6.33 Å². The van der Waals surface area contributed by atoms with Crippen LogP contribution in [0.15, 0.2) is 30.6 Å². The average Bonchev–Trinajstić information content (AvgIpc) is 3.21. The first-order valence-corrected chi connectivity index (χ1v) is 7.96. The molecule has 2 N–H and O–H groups in total. The fourth-order valence-corrected chi connectivity index (χ4v) is 2.96. The molecular formula is C16H16F3N5O3. The molecule has 1 saturated heterocycles. The first-order chi connectivity index (χ1) is 12.6. The second-order valence-corrected chi connectivity index (χ2v) is 6.25. The summed E-state index contributed by atoms with van der Waals surface area (Å²) in [6.07, 6.45) is -3.18. The number of carboxylic acid groups (broad SMARTS) is 1. The monoisotopic (exact) mass is 383 g/mol. The highest BCUT2D eigenvalue weighted by atomic mass is 19.4. The Labute approximate surface area is 151 Å². The highest BCUT2D eigenvalue weighted by molar-refractivity contribution is 5.90. The van der Waals surface area contributed by atoms with Crippen LogP contribution in [-0.4, -0.2) is 56.0 Å². The van der Waals surface area contributed by atoms with E-state index in [-0.39, 0.29) is 0 Å². The topological polar surface area (TPSA) is 100 Å². The van der Waals surface area contributed by atoms with Crippen LogP contribution < -0.4 is 5.32 Å². The van der Waals surface area contributed by atoms with Crippen molar-refractivity contribution in [2.45, 2.75) is 6.18 Å². The molecule has 1 aromatic heterocycles. The third-order valence-corrected chi connectivity index (χ3v) is 4.32. The fourth-order valence-electron chi connectivity index (χ4n) is 2.96. The number of alkyl halides is 3. The number of aryl methyl sites for hydroxylation is 1. The highest BCUT2D eigenvalue weighted by Crippen LogP contribution is 2.38. The maximum atomic E-state index is 13.0. The minimum Gasteiger partial charge on any atom is -0.481 e. The molecule has 1 aliphatic rings. The van der Waals surface area contributed by atoms with Crippen molar-refractivity contribution in [1.29, 1.82) is 0 Å². The number of amides is 2. The van der Waals surface area contributed by atoms with E-state index in [1.807, 2.05) is 0 Å². The van der Waals surface area contributed by atoms with Gasteiger partial charge in [0.15, 0.2) is 5.82 Å². The summed E-state index contributed by atoms with van der Waals surface area (Å²) < 4.78 is 40.6. The molecule has 2 amide bonds. The molecule has 144 valence electrons. The van der Waals surface area contributed by atoms with Crippen LogP contribution in [-0.2, 0) is 11.8 Å². The van der Waals surface area contributed by atoms with Gasteiger partial charge in [-0.3, -0.25) is 9.48 Å². The second kappa shape index (κ2) is 6.89. The number of rotatable bonds is 3. The number of carbonyl (C=O) groups excluding carboxylic acids is 1. The second-order valence-electron chi connectivity index (χ2n) is 6.25. The molecule has 0 saturated carbocycles. The molecule has 2 heterocycles. The van der Waals surface area contributed by atoms with Crippen LogP contribution in [0.1, 0.15) is 0 Å². The maximum absolute atomic E-state index is 13.0. The Hall–Kier alpha value is -3.11.